The lowest BCUT2D eigenvalue weighted by Crippen LogP contribution is -2.22. The molecule has 0 saturated heterocycles. The average molecular weight is 308 g/mol. The van der Waals surface area contributed by atoms with Crippen LogP contribution < -0.4 is 10.5 Å². The number of halogens is 1. The van der Waals surface area contributed by atoms with E-state index in [1.807, 2.05) is 30.3 Å². The fourth-order valence-electron chi connectivity index (χ4n) is 1.78. The summed E-state index contributed by atoms with van der Waals surface area (Å²) in [6, 6.07) is 16.3. The minimum Gasteiger partial charge on any atom is -0.489 e. The first-order chi connectivity index (χ1) is 9.70. The highest BCUT2D eigenvalue weighted by Gasteiger charge is 2.15. The number of rotatable bonds is 5. The average Bonchev–Trinajstić information content (AvgIpc) is 2.53. The number of carbonyl (C=O) groups is 1. The van der Waals surface area contributed by atoms with E-state index in [2.05, 4.69) is 4.74 Å². The number of methoxy groups -OCH3 is 1. The first-order valence-corrected chi connectivity index (χ1v) is 6.31. The molecule has 0 aliphatic rings. The van der Waals surface area contributed by atoms with Crippen molar-refractivity contribution in [2.24, 2.45) is 5.73 Å². The van der Waals surface area contributed by atoms with Crippen molar-refractivity contribution in [1.29, 1.82) is 0 Å². The maximum atomic E-state index is 11.3. The van der Waals surface area contributed by atoms with Crippen molar-refractivity contribution in [3.05, 3.63) is 65.7 Å². The van der Waals surface area contributed by atoms with E-state index in [4.69, 9.17) is 10.5 Å². The molecule has 2 N–H and O–H groups in total. The Morgan fingerprint density at radius 2 is 1.71 bits per heavy atom. The van der Waals surface area contributed by atoms with E-state index in [9.17, 15) is 4.79 Å². The zero-order valence-corrected chi connectivity index (χ0v) is 12.5. The maximum absolute atomic E-state index is 11.3. The second-order valence-corrected chi connectivity index (χ2v) is 4.34. The van der Waals surface area contributed by atoms with Crippen LogP contribution in [0.5, 0.6) is 5.75 Å². The molecular formula is C16H18ClNO3. The number of ether oxygens (including phenoxy) is 2. The van der Waals surface area contributed by atoms with Crippen molar-refractivity contribution in [3.63, 3.8) is 0 Å². The van der Waals surface area contributed by atoms with Crippen LogP contribution in [0, 0.1) is 0 Å². The Morgan fingerprint density at radius 3 is 2.29 bits per heavy atom. The Labute approximate surface area is 130 Å². The van der Waals surface area contributed by atoms with Gasteiger partial charge in [-0.1, -0.05) is 42.5 Å². The van der Waals surface area contributed by atoms with Gasteiger partial charge in [0.05, 0.1) is 7.11 Å². The molecule has 0 aliphatic carbocycles. The molecule has 0 heterocycles. The van der Waals surface area contributed by atoms with Gasteiger partial charge in [0.1, 0.15) is 18.4 Å². The van der Waals surface area contributed by atoms with E-state index >= 15 is 0 Å². The number of hydrogen-bond acceptors (Lipinski definition) is 4. The van der Waals surface area contributed by atoms with Gasteiger partial charge < -0.3 is 15.2 Å². The Hall–Kier alpha value is -2.04. The van der Waals surface area contributed by atoms with E-state index in [1.165, 1.54) is 7.11 Å². The highest BCUT2D eigenvalue weighted by molar-refractivity contribution is 5.85. The molecule has 21 heavy (non-hydrogen) atoms. The van der Waals surface area contributed by atoms with Crippen molar-refractivity contribution in [2.45, 2.75) is 12.6 Å². The van der Waals surface area contributed by atoms with E-state index < -0.39 is 12.0 Å². The van der Waals surface area contributed by atoms with Crippen LogP contribution in [0.4, 0.5) is 0 Å². The summed E-state index contributed by atoms with van der Waals surface area (Å²) >= 11 is 0. The van der Waals surface area contributed by atoms with Gasteiger partial charge in [-0.25, -0.2) is 0 Å². The second kappa shape index (κ2) is 8.29. The summed E-state index contributed by atoms with van der Waals surface area (Å²) in [7, 11) is 1.32. The Balaban J connectivity index is 0.00000220. The van der Waals surface area contributed by atoms with Crippen LogP contribution in [0.2, 0.25) is 0 Å². The monoisotopic (exact) mass is 307 g/mol. The number of nitrogens with two attached hydrogens (primary N) is 1. The lowest BCUT2D eigenvalue weighted by Gasteiger charge is -2.11. The molecule has 5 heteroatoms. The van der Waals surface area contributed by atoms with Gasteiger partial charge in [-0.2, -0.15) is 0 Å². The molecule has 0 amide bonds. The Bertz CT molecular complexity index is 557. The van der Waals surface area contributed by atoms with Crippen LogP contribution in [0.15, 0.2) is 54.6 Å². The summed E-state index contributed by atoms with van der Waals surface area (Å²) in [5, 5.41) is 0. The van der Waals surface area contributed by atoms with Crippen LogP contribution in [0.25, 0.3) is 0 Å². The predicted molar refractivity (Wildman–Crippen MR) is 83.4 cm³/mol. The van der Waals surface area contributed by atoms with Gasteiger partial charge in [-0.05, 0) is 23.3 Å². The minimum atomic E-state index is -0.761. The third kappa shape index (κ3) is 4.77. The summed E-state index contributed by atoms with van der Waals surface area (Å²) in [6.45, 7) is 0.503. The molecule has 0 fully saturated rings. The van der Waals surface area contributed by atoms with Crippen molar-refractivity contribution in [3.8, 4) is 5.75 Å². The quantitative estimate of drug-likeness (QED) is 0.863. The summed E-state index contributed by atoms with van der Waals surface area (Å²) in [6.07, 6.45) is 0. The number of carbonyl (C=O) groups excluding carboxylic acids is 1. The molecule has 2 aromatic carbocycles. The van der Waals surface area contributed by atoms with Crippen LogP contribution in [-0.4, -0.2) is 13.1 Å². The van der Waals surface area contributed by atoms with Gasteiger partial charge in [0.15, 0.2) is 0 Å². The van der Waals surface area contributed by atoms with E-state index in [0.29, 0.717) is 12.2 Å². The largest absolute Gasteiger partial charge is 0.489 e. The van der Waals surface area contributed by atoms with Crippen LogP contribution in [0.1, 0.15) is 17.2 Å². The number of esters is 1. The molecule has 0 saturated carbocycles. The highest BCUT2D eigenvalue weighted by Crippen LogP contribution is 2.18. The molecular weight excluding hydrogens is 290 g/mol. The SMILES string of the molecule is COC(=O)[C@H](N)c1ccc(OCc2ccccc2)cc1.Cl. The van der Waals surface area contributed by atoms with Crippen molar-refractivity contribution >= 4 is 18.4 Å². The molecule has 0 aliphatic heterocycles. The second-order valence-electron chi connectivity index (χ2n) is 4.34. The summed E-state index contributed by atoms with van der Waals surface area (Å²) in [5.41, 5.74) is 7.55. The lowest BCUT2D eigenvalue weighted by molar-refractivity contribution is -0.142. The normalized spacial score (nSPS) is 11.1. The van der Waals surface area contributed by atoms with Crippen molar-refractivity contribution in [1.82, 2.24) is 0 Å². The number of benzene rings is 2. The molecule has 1 atom stereocenters. The van der Waals surface area contributed by atoms with Crippen molar-refractivity contribution < 1.29 is 14.3 Å². The van der Waals surface area contributed by atoms with Gasteiger partial charge >= 0.3 is 5.97 Å². The molecule has 0 radical (unpaired) electrons. The molecule has 2 rings (SSSR count). The van der Waals surface area contributed by atoms with E-state index in [0.717, 1.165) is 11.3 Å². The zero-order chi connectivity index (χ0) is 14.4. The first-order valence-electron chi connectivity index (χ1n) is 6.31. The molecule has 4 nitrogen and oxygen atoms in total. The zero-order valence-electron chi connectivity index (χ0n) is 11.7. The third-order valence-corrected chi connectivity index (χ3v) is 2.94. The lowest BCUT2D eigenvalue weighted by atomic mass is 10.1. The standard InChI is InChI=1S/C16H17NO3.ClH/c1-19-16(18)15(17)13-7-9-14(10-8-13)20-11-12-5-3-2-4-6-12;/h2-10,15H,11,17H2,1H3;1H/t15-;/m1./s1. The fourth-order valence-corrected chi connectivity index (χ4v) is 1.78. The van der Waals surface area contributed by atoms with Crippen LogP contribution in [-0.2, 0) is 16.1 Å². The van der Waals surface area contributed by atoms with E-state index in [-0.39, 0.29) is 12.4 Å². The third-order valence-electron chi connectivity index (χ3n) is 2.94. The van der Waals surface area contributed by atoms with Gasteiger partial charge in [-0.15, -0.1) is 12.4 Å². The van der Waals surface area contributed by atoms with Gasteiger partial charge in [0.25, 0.3) is 0 Å². The van der Waals surface area contributed by atoms with Crippen LogP contribution >= 0.6 is 12.4 Å². The number of hydrogen-bond donors (Lipinski definition) is 1. The molecule has 0 unspecified atom stereocenters. The maximum Gasteiger partial charge on any atom is 0.327 e. The Morgan fingerprint density at radius 1 is 1.10 bits per heavy atom. The van der Waals surface area contributed by atoms with Gasteiger partial charge in [-0.3, -0.25) is 4.79 Å². The predicted octanol–water partition coefficient (Wildman–Crippen LogP) is 2.86. The fraction of sp³-hybridized carbons (Fsp3) is 0.188. The molecule has 0 spiro atoms. The Kier molecular flexibility index (Phi) is 6.72. The topological polar surface area (TPSA) is 61.5 Å². The summed E-state index contributed by atoms with van der Waals surface area (Å²) < 4.78 is 10.3. The summed E-state index contributed by atoms with van der Waals surface area (Å²) in [4.78, 5) is 11.3. The smallest absolute Gasteiger partial charge is 0.327 e. The van der Waals surface area contributed by atoms with Gasteiger partial charge in [0.2, 0.25) is 0 Å². The molecule has 112 valence electrons. The molecule has 0 aromatic heterocycles. The van der Waals surface area contributed by atoms with Crippen molar-refractivity contribution in [2.75, 3.05) is 7.11 Å². The van der Waals surface area contributed by atoms with Crippen LogP contribution in [0.3, 0.4) is 0 Å². The first kappa shape index (κ1) is 17.0. The van der Waals surface area contributed by atoms with Gasteiger partial charge in [0, 0.05) is 0 Å². The summed E-state index contributed by atoms with van der Waals surface area (Å²) in [5.74, 6) is 0.276. The molecule has 2 aromatic rings. The highest BCUT2D eigenvalue weighted by atomic mass is 35.5. The molecule has 0 bridgehead atoms. The minimum absolute atomic E-state index is 0. The van der Waals surface area contributed by atoms with E-state index in [1.54, 1.807) is 24.3 Å².